The van der Waals surface area contributed by atoms with Gasteiger partial charge in [0.15, 0.2) is 11.5 Å². The van der Waals surface area contributed by atoms with Crippen LogP contribution in [0.3, 0.4) is 0 Å². The zero-order chi connectivity index (χ0) is 17.9. The third-order valence-corrected chi connectivity index (χ3v) is 3.20. The van der Waals surface area contributed by atoms with Crippen LogP contribution in [0.25, 0.3) is 22.3 Å². The zero-order valence-corrected chi connectivity index (χ0v) is 13.5. The maximum absolute atomic E-state index is 8.35. The Kier molecular flexibility index (Phi) is 7.65. The predicted octanol–water partition coefficient (Wildman–Crippen LogP) is 3.93. The van der Waals surface area contributed by atoms with E-state index in [9.17, 15) is 0 Å². The van der Waals surface area contributed by atoms with Crippen LogP contribution in [-0.2, 0) is 9.59 Å². The molecular formula is C18H18N2O4. The molecule has 0 radical (unpaired) electrons. The smallest absolute Gasteiger partial charge is 0.231 e. The molecule has 0 fully saturated rings. The van der Waals surface area contributed by atoms with Crippen LogP contribution in [-0.4, -0.2) is 25.4 Å². The van der Waals surface area contributed by atoms with Crippen molar-refractivity contribution >= 4 is 12.2 Å². The van der Waals surface area contributed by atoms with Gasteiger partial charge in [0, 0.05) is 5.56 Å². The van der Waals surface area contributed by atoms with Crippen LogP contribution in [0.15, 0.2) is 36.4 Å². The van der Waals surface area contributed by atoms with Gasteiger partial charge in [-0.2, -0.15) is 0 Å². The molecule has 2 N–H and O–H groups in total. The number of isocyanates is 2. The monoisotopic (exact) mass is 326 g/mol. The van der Waals surface area contributed by atoms with Crippen LogP contribution in [0.4, 0.5) is 0 Å². The zero-order valence-electron chi connectivity index (χ0n) is 13.5. The number of fused-ring (bicyclic) bond motifs is 4. The lowest BCUT2D eigenvalue weighted by Gasteiger charge is -2.27. The Labute approximate surface area is 140 Å². The van der Waals surface area contributed by atoms with E-state index in [2.05, 4.69) is 30.3 Å². The first-order valence-electron chi connectivity index (χ1n) is 7.30. The predicted molar refractivity (Wildman–Crippen MR) is 90.0 cm³/mol. The van der Waals surface area contributed by atoms with Gasteiger partial charge in [-0.3, -0.25) is 0 Å². The molecule has 2 aromatic carbocycles. The molecule has 124 valence electrons. The number of carbonyl (C=O) groups excluding carboxylic acids is 2. The van der Waals surface area contributed by atoms with E-state index >= 15 is 0 Å². The maximum Gasteiger partial charge on any atom is 0.231 e. The summed E-state index contributed by atoms with van der Waals surface area (Å²) in [6.45, 7) is 5.29. The number of hydrogen-bond acceptors (Lipinski definition) is 6. The Bertz CT molecular complexity index is 748. The Balaban J connectivity index is 0.000000423. The van der Waals surface area contributed by atoms with Crippen molar-refractivity contribution in [1.82, 2.24) is 0 Å². The summed E-state index contributed by atoms with van der Waals surface area (Å²) in [7, 11) is 0. The van der Waals surface area contributed by atoms with Crippen LogP contribution in [0.1, 0.15) is 13.8 Å². The molecule has 0 saturated heterocycles. The van der Waals surface area contributed by atoms with E-state index in [1.807, 2.05) is 19.9 Å². The lowest BCUT2D eigenvalue weighted by Crippen LogP contribution is -2.06. The van der Waals surface area contributed by atoms with E-state index in [1.54, 1.807) is 0 Å². The van der Waals surface area contributed by atoms with Crippen molar-refractivity contribution in [2.45, 2.75) is 13.8 Å². The first-order valence-corrected chi connectivity index (χ1v) is 7.30. The molecule has 6 nitrogen and oxygen atoms in total. The van der Waals surface area contributed by atoms with Crippen molar-refractivity contribution in [2.75, 3.05) is 13.2 Å². The Morgan fingerprint density at radius 2 is 1.38 bits per heavy atom. The summed E-state index contributed by atoms with van der Waals surface area (Å²) in [5, 5.41) is 10.8. The van der Waals surface area contributed by atoms with Crippen molar-refractivity contribution in [3.8, 4) is 33.8 Å². The molecule has 24 heavy (non-hydrogen) atoms. The van der Waals surface area contributed by atoms with Crippen LogP contribution in [0.2, 0.25) is 0 Å². The topological polar surface area (TPSA) is 100 Å². The van der Waals surface area contributed by atoms with E-state index in [1.165, 1.54) is 22.3 Å². The van der Waals surface area contributed by atoms with Gasteiger partial charge >= 0.3 is 0 Å². The molecule has 0 bridgehead atoms. The lowest BCUT2D eigenvalue weighted by molar-refractivity contribution is 0.288. The van der Waals surface area contributed by atoms with E-state index in [0.29, 0.717) is 13.2 Å². The minimum atomic E-state index is 0.651. The highest BCUT2D eigenvalue weighted by Crippen LogP contribution is 2.54. The van der Waals surface area contributed by atoms with Gasteiger partial charge in [0.25, 0.3) is 0 Å². The van der Waals surface area contributed by atoms with Crippen LogP contribution in [0, 0.1) is 10.8 Å². The van der Waals surface area contributed by atoms with Crippen molar-refractivity contribution in [2.24, 2.45) is 0 Å². The number of rotatable bonds is 4. The Morgan fingerprint density at radius 1 is 0.833 bits per heavy atom. The molecule has 1 aliphatic rings. The molecule has 0 aliphatic heterocycles. The summed E-state index contributed by atoms with van der Waals surface area (Å²) in [5.41, 5.74) is 5.02. The molecule has 2 aromatic rings. The fourth-order valence-corrected chi connectivity index (χ4v) is 2.49. The summed E-state index contributed by atoms with van der Waals surface area (Å²) >= 11 is 0. The van der Waals surface area contributed by atoms with E-state index in [0.717, 1.165) is 23.7 Å². The van der Waals surface area contributed by atoms with Gasteiger partial charge in [0.05, 0.1) is 13.2 Å². The van der Waals surface area contributed by atoms with Crippen molar-refractivity contribution < 1.29 is 19.1 Å². The second kappa shape index (κ2) is 9.74. The molecule has 1 aliphatic carbocycles. The minimum Gasteiger partial charge on any atom is -0.490 e. The number of nitrogens with one attached hydrogen (secondary N) is 2. The highest BCUT2D eigenvalue weighted by Gasteiger charge is 2.28. The van der Waals surface area contributed by atoms with Gasteiger partial charge < -0.3 is 9.47 Å². The van der Waals surface area contributed by atoms with E-state index in [4.69, 9.17) is 29.9 Å². The van der Waals surface area contributed by atoms with Gasteiger partial charge in [0.1, 0.15) is 0 Å². The molecule has 3 rings (SSSR count). The third-order valence-electron chi connectivity index (χ3n) is 3.20. The molecule has 0 spiro atoms. The molecule has 0 unspecified atom stereocenters. The highest BCUT2D eigenvalue weighted by molar-refractivity contribution is 6.06. The second-order valence-electron chi connectivity index (χ2n) is 4.43. The fourth-order valence-electron chi connectivity index (χ4n) is 2.49. The van der Waals surface area contributed by atoms with E-state index < -0.39 is 0 Å². The molecule has 6 heteroatoms. The summed E-state index contributed by atoms with van der Waals surface area (Å²) in [5.74, 6) is 1.73. The Hall–Kier alpha value is -3.20. The normalized spacial score (nSPS) is 9.08. The van der Waals surface area contributed by atoms with Crippen LogP contribution in [0.5, 0.6) is 11.5 Å². The maximum atomic E-state index is 8.35. The quantitative estimate of drug-likeness (QED) is 0.560. The molecule has 0 atom stereocenters. The minimum absolute atomic E-state index is 0.651. The molecule has 0 aromatic heterocycles. The molecule has 0 heterocycles. The fraction of sp³-hybridized carbons (Fsp3) is 0.222. The van der Waals surface area contributed by atoms with Crippen molar-refractivity contribution in [3.63, 3.8) is 0 Å². The van der Waals surface area contributed by atoms with Crippen LogP contribution >= 0.6 is 0 Å². The largest absolute Gasteiger partial charge is 0.490 e. The number of hydrogen-bond donors (Lipinski definition) is 2. The Morgan fingerprint density at radius 3 is 1.92 bits per heavy atom. The first kappa shape index (κ1) is 18.8. The summed E-state index contributed by atoms with van der Waals surface area (Å²) in [4.78, 5) is 16.7. The van der Waals surface area contributed by atoms with Crippen LogP contribution < -0.4 is 9.47 Å². The number of benzene rings is 2. The van der Waals surface area contributed by atoms with Gasteiger partial charge in [-0.1, -0.05) is 24.3 Å². The molecule has 0 saturated carbocycles. The molecule has 0 amide bonds. The summed E-state index contributed by atoms with van der Waals surface area (Å²) in [6.07, 6.45) is 1.50. The highest BCUT2D eigenvalue weighted by atomic mass is 16.5. The SMILES string of the molecule is CCOc1ccc2c(c1OCC)-c1ccccc1-2.N=C=O.N=C=O. The van der Waals surface area contributed by atoms with Crippen molar-refractivity contribution in [1.29, 1.82) is 10.8 Å². The third kappa shape index (κ3) is 3.96. The molecular weight excluding hydrogens is 308 g/mol. The van der Waals surface area contributed by atoms with E-state index in [-0.39, 0.29) is 0 Å². The van der Waals surface area contributed by atoms with Gasteiger partial charge in [-0.05, 0) is 42.7 Å². The average Bonchev–Trinajstić information content (AvgIpc) is 2.56. The van der Waals surface area contributed by atoms with Crippen molar-refractivity contribution in [3.05, 3.63) is 36.4 Å². The second-order valence-corrected chi connectivity index (χ2v) is 4.43. The number of ether oxygens (including phenoxy) is 2. The first-order chi connectivity index (χ1) is 11.7. The summed E-state index contributed by atoms with van der Waals surface area (Å²) < 4.78 is 11.4. The standard InChI is InChI=1S/C16H16O2.2CHNO/c1-3-17-14-10-9-13-11-7-5-6-8-12(11)15(13)16(14)18-4-2;2*2-1-3/h5-10H,3-4H2,1-2H3;2*2H. The van der Waals surface area contributed by atoms with Gasteiger partial charge in [-0.25, -0.2) is 20.4 Å². The van der Waals surface area contributed by atoms with Gasteiger partial charge in [-0.15, -0.1) is 0 Å². The lowest BCUT2D eigenvalue weighted by atomic mass is 9.80. The summed E-state index contributed by atoms with van der Waals surface area (Å²) in [6, 6.07) is 12.5. The van der Waals surface area contributed by atoms with Gasteiger partial charge in [0.2, 0.25) is 12.2 Å². The average molecular weight is 326 g/mol.